The summed E-state index contributed by atoms with van der Waals surface area (Å²) in [7, 11) is 0. The summed E-state index contributed by atoms with van der Waals surface area (Å²) in [6.07, 6.45) is 15.2. The Morgan fingerprint density at radius 1 is 1.00 bits per heavy atom. The van der Waals surface area contributed by atoms with Crippen molar-refractivity contribution in [2.45, 2.75) is 120 Å². The second-order valence-corrected chi connectivity index (χ2v) is 12.6. The van der Waals surface area contributed by atoms with Crippen LogP contribution >= 0.6 is 0 Å². The summed E-state index contributed by atoms with van der Waals surface area (Å²) in [4.78, 5) is 12.1. The van der Waals surface area contributed by atoms with Gasteiger partial charge in [0.25, 0.3) is 0 Å². The van der Waals surface area contributed by atoms with Gasteiger partial charge in [0.15, 0.2) is 5.78 Å². The van der Waals surface area contributed by atoms with Crippen molar-refractivity contribution < 1.29 is 4.79 Å². The molecule has 0 heterocycles. The predicted octanol–water partition coefficient (Wildman–Crippen LogP) is 8.87. The van der Waals surface area contributed by atoms with E-state index in [0.29, 0.717) is 16.6 Å². The van der Waals surface area contributed by atoms with Crippen LogP contribution in [0.3, 0.4) is 0 Å². The first-order chi connectivity index (χ1) is 14.7. The lowest BCUT2D eigenvalue weighted by atomic mass is 9.44. The molecule has 4 aliphatic rings. The van der Waals surface area contributed by atoms with Crippen LogP contribution in [0.4, 0.5) is 0 Å². The van der Waals surface area contributed by atoms with E-state index in [1.54, 1.807) is 0 Å². The van der Waals surface area contributed by atoms with Gasteiger partial charge in [-0.2, -0.15) is 0 Å². The Hall–Kier alpha value is -0.590. The first-order valence-electron chi connectivity index (χ1n) is 13.9. The van der Waals surface area contributed by atoms with Gasteiger partial charge in [0.1, 0.15) is 0 Å². The minimum atomic E-state index is 0.313. The van der Waals surface area contributed by atoms with Crippen LogP contribution in [0.5, 0.6) is 0 Å². The zero-order chi connectivity index (χ0) is 23.0. The predicted molar refractivity (Wildman–Crippen MR) is 134 cm³/mol. The maximum Gasteiger partial charge on any atom is 0.155 e. The summed E-state index contributed by atoms with van der Waals surface area (Å²) in [6, 6.07) is 0. The van der Waals surface area contributed by atoms with Crippen LogP contribution in [0, 0.1) is 52.3 Å². The van der Waals surface area contributed by atoms with E-state index in [-0.39, 0.29) is 0 Å². The average molecular weight is 429 g/mol. The maximum atomic E-state index is 12.1. The fourth-order valence-corrected chi connectivity index (χ4v) is 8.93. The largest absolute Gasteiger partial charge is 0.295 e. The molecule has 0 aromatic carbocycles. The Bertz CT molecular complexity index is 659. The van der Waals surface area contributed by atoms with Gasteiger partial charge in [0.05, 0.1) is 0 Å². The highest BCUT2D eigenvalue weighted by atomic mass is 16.1. The van der Waals surface area contributed by atoms with Crippen molar-refractivity contribution >= 4 is 5.78 Å². The summed E-state index contributed by atoms with van der Waals surface area (Å²) in [5, 5.41) is 0. The van der Waals surface area contributed by atoms with Crippen LogP contribution in [0.15, 0.2) is 11.6 Å². The molecule has 0 amide bonds. The molecule has 0 N–H and O–H groups in total. The molecule has 0 saturated heterocycles. The third kappa shape index (κ3) is 4.46. The quantitative estimate of drug-likeness (QED) is 0.427. The Kier molecular flexibility index (Phi) is 7.85. The number of hydrogen-bond donors (Lipinski definition) is 0. The second kappa shape index (κ2) is 9.72. The summed E-state index contributed by atoms with van der Waals surface area (Å²) in [5.74, 6) is 6.44. The van der Waals surface area contributed by atoms with Crippen molar-refractivity contribution in [2.24, 2.45) is 52.3 Å². The molecule has 1 nitrogen and oxygen atoms in total. The van der Waals surface area contributed by atoms with Crippen LogP contribution in [-0.4, -0.2) is 5.78 Å². The van der Waals surface area contributed by atoms with E-state index in [2.05, 4.69) is 47.6 Å². The number of fused-ring (bicyclic) bond motifs is 5. The zero-order valence-electron chi connectivity index (χ0n) is 22.1. The molecule has 0 radical (unpaired) electrons. The molecule has 178 valence electrons. The van der Waals surface area contributed by atoms with Gasteiger partial charge >= 0.3 is 0 Å². The average Bonchev–Trinajstić information content (AvgIpc) is 3.08. The number of carbonyl (C=O) groups is 1. The van der Waals surface area contributed by atoms with E-state index in [4.69, 9.17) is 0 Å². The van der Waals surface area contributed by atoms with Crippen molar-refractivity contribution in [3.8, 4) is 0 Å². The van der Waals surface area contributed by atoms with Gasteiger partial charge in [-0.15, -0.1) is 0 Å². The van der Waals surface area contributed by atoms with Crippen LogP contribution in [0.25, 0.3) is 0 Å². The topological polar surface area (TPSA) is 17.1 Å². The molecule has 31 heavy (non-hydrogen) atoms. The highest BCUT2D eigenvalue weighted by molar-refractivity contribution is 5.91. The Labute approximate surface area is 194 Å². The molecule has 5 unspecified atom stereocenters. The Morgan fingerprint density at radius 2 is 1.71 bits per heavy atom. The molecule has 3 fully saturated rings. The molecular formula is C30H52O. The molecule has 0 spiro atoms. The molecule has 0 aromatic rings. The molecule has 4 aliphatic carbocycles. The van der Waals surface area contributed by atoms with Crippen molar-refractivity contribution in [2.75, 3.05) is 0 Å². The van der Waals surface area contributed by atoms with Crippen LogP contribution < -0.4 is 0 Å². The Morgan fingerprint density at radius 3 is 2.39 bits per heavy atom. The molecule has 0 bridgehead atoms. The smallest absolute Gasteiger partial charge is 0.155 e. The lowest BCUT2D eigenvalue weighted by Gasteiger charge is -2.60. The summed E-state index contributed by atoms with van der Waals surface area (Å²) in [6.45, 7) is 19.0. The lowest BCUT2D eigenvalue weighted by molar-refractivity contribution is -0.118. The standard InChI is InChI=1S/C28H46O.C2H6/c1-18(2)8-7-9-19(3)23-10-11-24-26-20(4)16-21-17-22(29)12-14-27(21,5)25(26)13-15-28(23,24)6;1-2/h17-20,23-26H,7-16H2,1-6H3;1-2H3/t19?,20-,23?,24?,25?,26?,27-,28+;/m0./s1. The third-order valence-corrected chi connectivity index (χ3v) is 10.5. The first-order valence-corrected chi connectivity index (χ1v) is 13.9. The number of carbonyl (C=O) groups excluding carboxylic acids is 1. The fourth-order valence-electron chi connectivity index (χ4n) is 8.93. The molecule has 4 rings (SSSR count). The van der Waals surface area contributed by atoms with Gasteiger partial charge in [0.2, 0.25) is 0 Å². The third-order valence-electron chi connectivity index (χ3n) is 10.5. The van der Waals surface area contributed by atoms with Gasteiger partial charge in [0, 0.05) is 6.42 Å². The minimum Gasteiger partial charge on any atom is -0.295 e. The van der Waals surface area contributed by atoms with Crippen LogP contribution in [-0.2, 0) is 4.79 Å². The van der Waals surface area contributed by atoms with Crippen molar-refractivity contribution in [3.63, 3.8) is 0 Å². The normalized spacial score (nSPS) is 42.7. The number of allylic oxidation sites excluding steroid dienone is 1. The van der Waals surface area contributed by atoms with Gasteiger partial charge in [-0.05, 0) is 96.9 Å². The molecule has 0 aromatic heterocycles. The summed E-state index contributed by atoms with van der Waals surface area (Å²) in [5.41, 5.74) is 2.39. The molecule has 0 aliphatic heterocycles. The van der Waals surface area contributed by atoms with E-state index < -0.39 is 0 Å². The van der Waals surface area contributed by atoms with E-state index >= 15 is 0 Å². The SMILES string of the molecule is CC.CC(C)CCCC(C)C1CCC2C3C(CC[C@]12C)[C@@]1(C)CCC(=O)C=C1C[C@@H]3C. The number of hydrogen-bond acceptors (Lipinski definition) is 1. The van der Waals surface area contributed by atoms with Gasteiger partial charge in [-0.25, -0.2) is 0 Å². The van der Waals surface area contributed by atoms with Crippen molar-refractivity contribution in [1.29, 1.82) is 0 Å². The van der Waals surface area contributed by atoms with E-state index in [1.807, 2.05) is 13.8 Å². The highest BCUT2D eigenvalue weighted by Gasteiger charge is 2.60. The van der Waals surface area contributed by atoms with E-state index in [0.717, 1.165) is 54.3 Å². The fraction of sp³-hybridized carbons (Fsp3) is 0.900. The van der Waals surface area contributed by atoms with Crippen molar-refractivity contribution in [1.82, 2.24) is 0 Å². The first kappa shape index (κ1) is 25.0. The van der Waals surface area contributed by atoms with Gasteiger partial charge < -0.3 is 0 Å². The molecular weight excluding hydrogens is 376 g/mol. The van der Waals surface area contributed by atoms with Gasteiger partial charge in [-0.1, -0.05) is 80.2 Å². The van der Waals surface area contributed by atoms with E-state index in [9.17, 15) is 4.79 Å². The highest BCUT2D eigenvalue weighted by Crippen LogP contribution is 2.68. The lowest BCUT2D eigenvalue weighted by Crippen LogP contribution is -2.53. The Balaban J connectivity index is 0.00000132. The van der Waals surface area contributed by atoms with Gasteiger partial charge in [-0.3, -0.25) is 4.79 Å². The molecule has 1 heteroatoms. The second-order valence-electron chi connectivity index (χ2n) is 12.6. The molecule has 8 atom stereocenters. The minimum absolute atomic E-state index is 0.313. The van der Waals surface area contributed by atoms with Crippen LogP contribution in [0.2, 0.25) is 0 Å². The van der Waals surface area contributed by atoms with Crippen molar-refractivity contribution in [3.05, 3.63) is 11.6 Å². The van der Waals surface area contributed by atoms with E-state index in [1.165, 1.54) is 56.9 Å². The summed E-state index contributed by atoms with van der Waals surface area (Å²) < 4.78 is 0. The summed E-state index contributed by atoms with van der Waals surface area (Å²) >= 11 is 0. The zero-order valence-corrected chi connectivity index (χ0v) is 22.1. The monoisotopic (exact) mass is 428 g/mol. The maximum absolute atomic E-state index is 12.1. The molecule has 3 saturated carbocycles. The number of ketones is 1. The van der Waals surface area contributed by atoms with Crippen LogP contribution in [0.1, 0.15) is 120 Å². The number of rotatable bonds is 5.